The van der Waals surface area contributed by atoms with Crippen molar-refractivity contribution in [3.8, 4) is 0 Å². The summed E-state index contributed by atoms with van der Waals surface area (Å²) in [5, 5.41) is 3.21. The molecule has 0 aliphatic heterocycles. The van der Waals surface area contributed by atoms with E-state index in [2.05, 4.69) is 5.32 Å². The van der Waals surface area contributed by atoms with E-state index in [4.69, 9.17) is 27.9 Å². The Morgan fingerprint density at radius 3 is 2.12 bits per heavy atom. The number of sulfonamides is 1. The molecule has 0 bridgehead atoms. The SMILES string of the molecule is O=C(CN(c1cc(Cl)cc(Cl)c1)S(=O)(=O)c1ccccc1)NCCOCc1ccccc1. The number of hydrogen-bond acceptors (Lipinski definition) is 4. The largest absolute Gasteiger partial charge is 0.375 e. The van der Waals surface area contributed by atoms with Crippen LogP contribution in [0.1, 0.15) is 5.56 Å². The Bertz CT molecular complexity index is 1120. The van der Waals surface area contributed by atoms with Crippen LogP contribution < -0.4 is 9.62 Å². The molecule has 6 nitrogen and oxygen atoms in total. The van der Waals surface area contributed by atoms with E-state index >= 15 is 0 Å². The van der Waals surface area contributed by atoms with Crippen molar-refractivity contribution in [1.82, 2.24) is 5.32 Å². The van der Waals surface area contributed by atoms with Gasteiger partial charge in [-0.3, -0.25) is 9.10 Å². The second-order valence-electron chi connectivity index (χ2n) is 6.84. The second-order valence-corrected chi connectivity index (χ2v) is 9.58. The van der Waals surface area contributed by atoms with E-state index in [0.29, 0.717) is 6.61 Å². The van der Waals surface area contributed by atoms with E-state index in [1.807, 2.05) is 30.3 Å². The maximum Gasteiger partial charge on any atom is 0.264 e. The van der Waals surface area contributed by atoms with Gasteiger partial charge in [-0.05, 0) is 35.9 Å². The number of ether oxygens (including phenoxy) is 1. The molecule has 0 aromatic heterocycles. The van der Waals surface area contributed by atoms with Gasteiger partial charge in [0.15, 0.2) is 0 Å². The Morgan fingerprint density at radius 2 is 1.50 bits per heavy atom. The van der Waals surface area contributed by atoms with E-state index in [0.717, 1.165) is 9.87 Å². The van der Waals surface area contributed by atoms with Crippen LogP contribution >= 0.6 is 23.2 Å². The lowest BCUT2D eigenvalue weighted by Gasteiger charge is -2.24. The van der Waals surface area contributed by atoms with Crippen LogP contribution in [0.3, 0.4) is 0 Å². The van der Waals surface area contributed by atoms with Crippen molar-refractivity contribution in [2.24, 2.45) is 0 Å². The van der Waals surface area contributed by atoms with Crippen LogP contribution in [0.4, 0.5) is 5.69 Å². The minimum atomic E-state index is -4.03. The molecule has 1 amide bonds. The quantitative estimate of drug-likeness (QED) is 0.422. The zero-order chi connectivity index (χ0) is 23.0. The Labute approximate surface area is 197 Å². The van der Waals surface area contributed by atoms with Gasteiger partial charge in [0.1, 0.15) is 6.54 Å². The number of halogens is 2. The lowest BCUT2D eigenvalue weighted by Crippen LogP contribution is -2.41. The number of amides is 1. The molecule has 1 N–H and O–H groups in total. The maximum absolute atomic E-state index is 13.3. The van der Waals surface area contributed by atoms with Gasteiger partial charge in [0.25, 0.3) is 10.0 Å². The highest BCUT2D eigenvalue weighted by Crippen LogP contribution is 2.29. The molecule has 3 aromatic carbocycles. The van der Waals surface area contributed by atoms with Crippen molar-refractivity contribution in [3.05, 3.63) is 94.5 Å². The second kappa shape index (κ2) is 11.3. The van der Waals surface area contributed by atoms with Gasteiger partial charge in [-0.1, -0.05) is 71.7 Å². The third kappa shape index (κ3) is 6.71. The number of benzene rings is 3. The predicted molar refractivity (Wildman–Crippen MR) is 127 cm³/mol. The van der Waals surface area contributed by atoms with Crippen LogP contribution in [0.5, 0.6) is 0 Å². The number of nitrogens with zero attached hydrogens (tertiary/aromatic N) is 1. The molecule has 0 aliphatic rings. The van der Waals surface area contributed by atoms with E-state index < -0.39 is 22.5 Å². The van der Waals surface area contributed by atoms with Crippen LogP contribution in [0.15, 0.2) is 83.8 Å². The van der Waals surface area contributed by atoms with Crippen molar-refractivity contribution >= 4 is 44.8 Å². The minimum absolute atomic E-state index is 0.0510. The molecular formula is C23H22Cl2N2O4S. The molecule has 0 radical (unpaired) electrons. The van der Waals surface area contributed by atoms with Gasteiger partial charge in [-0.25, -0.2) is 8.42 Å². The van der Waals surface area contributed by atoms with Gasteiger partial charge in [-0.2, -0.15) is 0 Å². The number of rotatable bonds is 10. The lowest BCUT2D eigenvalue weighted by atomic mass is 10.2. The minimum Gasteiger partial charge on any atom is -0.375 e. The third-order valence-electron chi connectivity index (χ3n) is 4.43. The van der Waals surface area contributed by atoms with Crippen molar-refractivity contribution in [2.45, 2.75) is 11.5 Å². The fourth-order valence-electron chi connectivity index (χ4n) is 2.93. The Morgan fingerprint density at radius 1 is 0.906 bits per heavy atom. The molecule has 0 saturated heterocycles. The average Bonchev–Trinajstić information content (AvgIpc) is 2.78. The first-order valence-electron chi connectivity index (χ1n) is 9.78. The summed E-state index contributed by atoms with van der Waals surface area (Å²) in [6, 6.07) is 21.9. The van der Waals surface area contributed by atoms with Crippen molar-refractivity contribution in [3.63, 3.8) is 0 Å². The van der Waals surface area contributed by atoms with Crippen molar-refractivity contribution < 1.29 is 17.9 Å². The van der Waals surface area contributed by atoms with Crippen LogP contribution in [0, 0.1) is 0 Å². The molecular weight excluding hydrogens is 471 g/mol. The molecule has 3 rings (SSSR count). The van der Waals surface area contributed by atoms with Crippen LogP contribution in [-0.4, -0.2) is 34.0 Å². The zero-order valence-electron chi connectivity index (χ0n) is 17.1. The molecule has 0 unspecified atom stereocenters. The molecule has 9 heteroatoms. The number of carbonyl (C=O) groups excluding carboxylic acids is 1. The smallest absolute Gasteiger partial charge is 0.264 e. The number of anilines is 1. The van der Waals surface area contributed by atoms with Crippen LogP contribution in [-0.2, 0) is 26.2 Å². The van der Waals surface area contributed by atoms with Crippen LogP contribution in [0.2, 0.25) is 10.0 Å². The summed E-state index contributed by atoms with van der Waals surface area (Å²) >= 11 is 12.1. The molecule has 168 valence electrons. The summed E-state index contributed by atoms with van der Waals surface area (Å²) in [5.41, 5.74) is 1.22. The topological polar surface area (TPSA) is 75.7 Å². The number of carbonyl (C=O) groups is 1. The molecule has 32 heavy (non-hydrogen) atoms. The zero-order valence-corrected chi connectivity index (χ0v) is 19.4. The molecule has 0 atom stereocenters. The number of nitrogens with one attached hydrogen (secondary N) is 1. The fourth-order valence-corrected chi connectivity index (χ4v) is 4.87. The highest BCUT2D eigenvalue weighted by atomic mass is 35.5. The average molecular weight is 493 g/mol. The summed E-state index contributed by atoms with van der Waals surface area (Å²) < 4.78 is 33.1. The first kappa shape index (κ1) is 24.1. The maximum atomic E-state index is 13.3. The van der Waals surface area contributed by atoms with Crippen LogP contribution in [0.25, 0.3) is 0 Å². The summed E-state index contributed by atoms with van der Waals surface area (Å²) in [6.45, 7) is 0.509. The van der Waals surface area contributed by atoms with E-state index in [1.54, 1.807) is 18.2 Å². The van der Waals surface area contributed by atoms with Crippen molar-refractivity contribution in [2.75, 3.05) is 24.0 Å². The van der Waals surface area contributed by atoms with E-state index in [9.17, 15) is 13.2 Å². The van der Waals surface area contributed by atoms with Crippen molar-refractivity contribution in [1.29, 1.82) is 0 Å². The third-order valence-corrected chi connectivity index (χ3v) is 6.66. The standard InChI is InChI=1S/C23H22Cl2N2O4S/c24-19-13-20(25)15-21(14-19)27(32(29,30)22-9-5-2-6-10-22)16-23(28)26-11-12-31-17-18-7-3-1-4-8-18/h1-10,13-15H,11-12,16-17H2,(H,26,28). The van der Waals surface area contributed by atoms with Gasteiger partial charge in [0, 0.05) is 16.6 Å². The molecule has 3 aromatic rings. The molecule has 0 spiro atoms. The van der Waals surface area contributed by atoms with E-state index in [1.165, 1.54) is 30.3 Å². The monoisotopic (exact) mass is 492 g/mol. The summed E-state index contributed by atoms with van der Waals surface area (Å²) in [7, 11) is -4.03. The Balaban J connectivity index is 1.68. The highest BCUT2D eigenvalue weighted by molar-refractivity contribution is 7.92. The summed E-state index contributed by atoms with van der Waals surface area (Å²) in [5.74, 6) is -0.482. The fraction of sp³-hybridized carbons (Fsp3) is 0.174. The van der Waals surface area contributed by atoms with Gasteiger partial charge in [0.05, 0.1) is 23.8 Å². The predicted octanol–water partition coefficient (Wildman–Crippen LogP) is 4.52. The van der Waals surface area contributed by atoms with Gasteiger partial charge in [0.2, 0.25) is 5.91 Å². The molecule has 0 fully saturated rings. The molecule has 0 saturated carbocycles. The summed E-state index contributed by atoms with van der Waals surface area (Å²) in [6.07, 6.45) is 0. The van der Waals surface area contributed by atoms with Gasteiger partial charge >= 0.3 is 0 Å². The normalized spacial score (nSPS) is 11.2. The Kier molecular flexibility index (Phi) is 8.53. The first-order valence-corrected chi connectivity index (χ1v) is 12.0. The first-order chi connectivity index (χ1) is 15.4. The van der Waals surface area contributed by atoms with E-state index in [-0.39, 0.29) is 33.8 Å². The number of hydrogen-bond donors (Lipinski definition) is 1. The highest BCUT2D eigenvalue weighted by Gasteiger charge is 2.27. The molecule has 0 aliphatic carbocycles. The van der Waals surface area contributed by atoms with Gasteiger partial charge < -0.3 is 10.1 Å². The lowest BCUT2D eigenvalue weighted by molar-refractivity contribution is -0.119. The van der Waals surface area contributed by atoms with Gasteiger partial charge in [-0.15, -0.1) is 0 Å². The Hall–Kier alpha value is -2.58. The summed E-state index contributed by atoms with van der Waals surface area (Å²) in [4.78, 5) is 12.6. The molecule has 0 heterocycles.